The van der Waals surface area contributed by atoms with E-state index in [9.17, 15) is 18.4 Å². The molecule has 0 atom stereocenters. The number of nitrogens with zero attached hydrogens (tertiary/aromatic N) is 1. The van der Waals surface area contributed by atoms with E-state index < -0.39 is 5.76 Å². The van der Waals surface area contributed by atoms with Gasteiger partial charge in [0.1, 0.15) is 0 Å². The molecule has 2 heterocycles. The molecule has 1 aromatic heterocycles. The van der Waals surface area contributed by atoms with E-state index in [0.717, 1.165) is 4.90 Å². The number of thioether (sulfide) groups is 1. The van der Waals surface area contributed by atoms with Crippen LogP contribution in [0.5, 0.6) is 0 Å². The van der Waals surface area contributed by atoms with E-state index in [1.165, 1.54) is 6.26 Å². The molecule has 2 aromatic rings. The zero-order valence-corrected chi connectivity index (χ0v) is 15.3. The molecule has 1 fully saturated rings. The zero-order chi connectivity index (χ0) is 19.2. The standard InChI is InChI=1S/C18H19F2N3O3S/c19-18(20)27-14-5-3-13(4-6-14)21-16(24)12-22-7-9-23(10-8-22)17(25)15-2-1-11-26-15/h1-6,11,18H,7-10,12H2,(H,21,24)/p+1. The largest absolute Gasteiger partial charge is 0.459 e. The highest BCUT2D eigenvalue weighted by Crippen LogP contribution is 2.26. The number of furan rings is 1. The summed E-state index contributed by atoms with van der Waals surface area (Å²) >= 11 is 0.467. The second-order valence-corrected chi connectivity index (χ2v) is 7.21. The highest BCUT2D eigenvalue weighted by molar-refractivity contribution is 7.99. The van der Waals surface area contributed by atoms with Crippen molar-refractivity contribution in [3.05, 3.63) is 48.4 Å². The van der Waals surface area contributed by atoms with Crippen molar-refractivity contribution in [2.45, 2.75) is 10.7 Å². The Morgan fingerprint density at radius 2 is 1.89 bits per heavy atom. The molecule has 27 heavy (non-hydrogen) atoms. The molecule has 0 aliphatic carbocycles. The molecule has 3 rings (SSSR count). The third-order valence-electron chi connectivity index (χ3n) is 4.26. The highest BCUT2D eigenvalue weighted by atomic mass is 32.2. The van der Waals surface area contributed by atoms with Crippen molar-refractivity contribution in [2.24, 2.45) is 0 Å². The molecule has 0 spiro atoms. The number of hydrogen-bond donors (Lipinski definition) is 2. The van der Waals surface area contributed by atoms with Gasteiger partial charge in [0.2, 0.25) is 0 Å². The van der Waals surface area contributed by atoms with Crippen molar-refractivity contribution >= 4 is 29.3 Å². The number of benzene rings is 1. The normalized spacial score (nSPS) is 15.1. The van der Waals surface area contributed by atoms with Crippen LogP contribution < -0.4 is 10.2 Å². The summed E-state index contributed by atoms with van der Waals surface area (Å²) < 4.78 is 29.8. The molecule has 0 bridgehead atoms. The molecule has 2 amide bonds. The molecule has 9 heteroatoms. The number of alkyl halides is 2. The van der Waals surface area contributed by atoms with Crippen LogP contribution in [0.3, 0.4) is 0 Å². The van der Waals surface area contributed by atoms with Gasteiger partial charge >= 0.3 is 0 Å². The number of hydrogen-bond acceptors (Lipinski definition) is 4. The Labute approximate surface area is 159 Å². The van der Waals surface area contributed by atoms with Gasteiger partial charge < -0.3 is 19.5 Å². The number of rotatable bonds is 6. The van der Waals surface area contributed by atoms with Crippen LogP contribution in [0, 0.1) is 0 Å². The number of halogens is 2. The van der Waals surface area contributed by atoms with Crippen molar-refractivity contribution in [2.75, 3.05) is 38.0 Å². The Kier molecular flexibility index (Phi) is 6.46. The Balaban J connectivity index is 1.43. The van der Waals surface area contributed by atoms with E-state index in [1.54, 1.807) is 41.3 Å². The summed E-state index contributed by atoms with van der Waals surface area (Å²) in [5.41, 5.74) is 0.574. The first kappa shape index (κ1) is 19.4. The van der Waals surface area contributed by atoms with Gasteiger partial charge in [0.25, 0.3) is 17.6 Å². The molecular weight excluding hydrogens is 376 g/mol. The fourth-order valence-corrected chi connectivity index (χ4v) is 3.41. The SMILES string of the molecule is O=C(C[NH+]1CCN(C(=O)c2ccco2)CC1)Nc1ccc(SC(F)F)cc1. The third kappa shape index (κ3) is 5.54. The van der Waals surface area contributed by atoms with Crippen molar-refractivity contribution in [1.82, 2.24) is 4.90 Å². The summed E-state index contributed by atoms with van der Waals surface area (Å²) in [6.07, 6.45) is 1.47. The average molecular weight is 396 g/mol. The minimum atomic E-state index is -2.47. The molecule has 1 saturated heterocycles. The van der Waals surface area contributed by atoms with Crippen LogP contribution in [0.15, 0.2) is 52.0 Å². The third-order valence-corrected chi connectivity index (χ3v) is 4.99. The lowest BCUT2D eigenvalue weighted by atomic mass is 10.2. The van der Waals surface area contributed by atoms with Crippen molar-refractivity contribution in [3.63, 3.8) is 0 Å². The molecule has 1 aliphatic rings. The number of nitrogens with one attached hydrogen (secondary N) is 2. The number of quaternary nitrogens is 1. The van der Waals surface area contributed by atoms with Gasteiger partial charge in [-0.2, -0.15) is 8.78 Å². The lowest BCUT2D eigenvalue weighted by Crippen LogP contribution is -3.15. The second kappa shape index (κ2) is 9.01. The molecule has 1 aromatic carbocycles. The molecular formula is C18H20F2N3O3S+. The van der Waals surface area contributed by atoms with E-state index >= 15 is 0 Å². The maximum Gasteiger partial charge on any atom is 0.289 e. The lowest BCUT2D eigenvalue weighted by Gasteiger charge is -2.31. The van der Waals surface area contributed by atoms with Gasteiger partial charge in [-0.1, -0.05) is 11.8 Å². The number of carbonyl (C=O) groups is 2. The summed E-state index contributed by atoms with van der Waals surface area (Å²) in [4.78, 5) is 27.7. The van der Waals surface area contributed by atoms with Gasteiger partial charge in [-0.3, -0.25) is 9.59 Å². The molecule has 2 N–H and O–H groups in total. The quantitative estimate of drug-likeness (QED) is 0.728. The topological polar surface area (TPSA) is 67.0 Å². The Hall–Kier alpha value is -2.39. The van der Waals surface area contributed by atoms with Crippen LogP contribution in [-0.2, 0) is 4.79 Å². The first-order valence-corrected chi connectivity index (χ1v) is 9.40. The van der Waals surface area contributed by atoms with Crippen LogP contribution in [-0.4, -0.2) is 55.2 Å². The van der Waals surface area contributed by atoms with Gasteiger partial charge in [0.05, 0.1) is 32.4 Å². The number of anilines is 1. The minimum absolute atomic E-state index is 0.134. The Morgan fingerprint density at radius 3 is 2.48 bits per heavy atom. The molecule has 6 nitrogen and oxygen atoms in total. The maximum absolute atomic E-state index is 12.3. The van der Waals surface area contributed by atoms with Gasteiger partial charge in [-0.05, 0) is 36.4 Å². The van der Waals surface area contributed by atoms with Crippen molar-refractivity contribution in [3.8, 4) is 0 Å². The van der Waals surface area contributed by atoms with E-state index in [1.807, 2.05) is 0 Å². The monoisotopic (exact) mass is 396 g/mol. The first-order valence-electron chi connectivity index (χ1n) is 8.52. The first-order chi connectivity index (χ1) is 13.0. The Bertz CT molecular complexity index is 761. The summed E-state index contributed by atoms with van der Waals surface area (Å²) in [5.74, 6) is -2.42. The van der Waals surface area contributed by atoms with Crippen molar-refractivity contribution in [1.29, 1.82) is 0 Å². The van der Waals surface area contributed by atoms with Crippen LogP contribution in [0.4, 0.5) is 14.5 Å². The van der Waals surface area contributed by atoms with Crippen LogP contribution in [0.1, 0.15) is 10.6 Å². The minimum Gasteiger partial charge on any atom is -0.459 e. The summed E-state index contributed by atoms with van der Waals surface area (Å²) in [7, 11) is 0. The van der Waals surface area contributed by atoms with Gasteiger partial charge in [-0.15, -0.1) is 0 Å². The van der Waals surface area contributed by atoms with Gasteiger partial charge in [0.15, 0.2) is 12.3 Å². The second-order valence-electron chi connectivity index (χ2n) is 6.15. The van der Waals surface area contributed by atoms with Gasteiger partial charge in [0, 0.05) is 10.6 Å². The molecule has 144 valence electrons. The lowest BCUT2D eigenvalue weighted by molar-refractivity contribution is -0.895. The van der Waals surface area contributed by atoms with Crippen molar-refractivity contribution < 1.29 is 27.7 Å². The molecule has 0 unspecified atom stereocenters. The van der Waals surface area contributed by atoms with Gasteiger partial charge in [-0.25, -0.2) is 0 Å². The zero-order valence-electron chi connectivity index (χ0n) is 14.5. The van der Waals surface area contributed by atoms with Crippen LogP contribution >= 0.6 is 11.8 Å². The van der Waals surface area contributed by atoms with Crippen LogP contribution in [0.25, 0.3) is 0 Å². The highest BCUT2D eigenvalue weighted by Gasteiger charge is 2.27. The van der Waals surface area contributed by atoms with E-state index in [-0.39, 0.29) is 18.4 Å². The fraction of sp³-hybridized carbons (Fsp3) is 0.333. The summed E-state index contributed by atoms with van der Waals surface area (Å²) in [6, 6.07) is 9.64. The molecule has 0 saturated carbocycles. The van der Waals surface area contributed by atoms with Crippen LogP contribution in [0.2, 0.25) is 0 Å². The maximum atomic E-state index is 12.3. The molecule has 0 radical (unpaired) electrons. The predicted molar refractivity (Wildman–Crippen MR) is 97.1 cm³/mol. The van der Waals surface area contributed by atoms with E-state index in [4.69, 9.17) is 4.42 Å². The molecule has 1 aliphatic heterocycles. The smallest absolute Gasteiger partial charge is 0.289 e. The van der Waals surface area contributed by atoms with E-state index in [0.29, 0.717) is 54.3 Å². The summed E-state index contributed by atoms with van der Waals surface area (Å²) in [5, 5.41) is 2.77. The number of amides is 2. The number of carbonyl (C=O) groups excluding carboxylic acids is 2. The summed E-state index contributed by atoms with van der Waals surface area (Å²) in [6.45, 7) is 2.74. The predicted octanol–water partition coefficient (Wildman–Crippen LogP) is 1.57. The fourth-order valence-electron chi connectivity index (χ4n) is 2.91. The van der Waals surface area contributed by atoms with E-state index in [2.05, 4.69) is 5.32 Å². The number of piperazine rings is 1. The average Bonchev–Trinajstić information content (AvgIpc) is 3.18. The Morgan fingerprint density at radius 1 is 1.19 bits per heavy atom.